The molecule has 522 valence electrons. The Morgan fingerprint density at radius 2 is 0.737 bits per heavy atom. The first kappa shape index (κ1) is 75.2. The van der Waals surface area contributed by atoms with Crippen LogP contribution in [0, 0.1) is 0 Å². The van der Waals surface area contributed by atoms with Gasteiger partial charge in [0.05, 0.1) is 82.8 Å². The molecule has 2 atom stereocenters. The third-order valence-electron chi connectivity index (χ3n) is 17.7. The van der Waals surface area contributed by atoms with E-state index in [9.17, 15) is 39.0 Å². The number of unbranched alkanes of at least 4 members (excludes halogenated alkanes) is 18. The van der Waals surface area contributed by atoms with Gasteiger partial charge in [-0.25, -0.2) is 9.59 Å². The Labute approximate surface area is 591 Å². The number of nitrogens with zero attached hydrogens (tertiary/aromatic N) is 2. The molecule has 99 heavy (non-hydrogen) atoms. The number of hydrogen-bond donors (Lipinski definition) is 4. The summed E-state index contributed by atoms with van der Waals surface area (Å²) in [4.78, 5) is 93.7. The number of esters is 2. The Morgan fingerprint density at radius 1 is 0.414 bits per heavy atom. The van der Waals surface area contributed by atoms with E-state index in [-0.39, 0.29) is 109 Å². The van der Waals surface area contributed by atoms with Gasteiger partial charge in [-0.15, -0.1) is 0 Å². The Balaban J connectivity index is 0.0000125. The summed E-state index contributed by atoms with van der Waals surface area (Å²) in [5.41, 5.74) is 2.43. The number of aliphatic imine (C=N–C) groups is 2. The van der Waals surface area contributed by atoms with Crippen molar-refractivity contribution in [3.05, 3.63) is 189 Å². The average Bonchev–Trinajstić information content (AvgIpc) is 1.74. The number of amides is 4. The zero-order valence-electron chi connectivity index (χ0n) is 57.1. The van der Waals surface area contributed by atoms with E-state index >= 15 is 0 Å². The molecule has 7 aromatic rings. The van der Waals surface area contributed by atoms with Crippen molar-refractivity contribution in [1.82, 2.24) is 0 Å². The molecule has 4 amide bonds. The van der Waals surface area contributed by atoms with Gasteiger partial charge in [0, 0.05) is 46.5 Å². The number of fused-ring (bicyclic) bond motifs is 2. The zero-order valence-corrected chi connectivity index (χ0v) is 58.1. The molecule has 9 rings (SSSR count). The van der Waals surface area contributed by atoms with E-state index < -0.39 is 47.1 Å². The molecule has 0 fully saturated rings. The largest absolute Gasteiger partial charge is 2.00 e. The molecule has 0 spiro atoms. The quantitative estimate of drug-likeness (QED) is 0.0124. The van der Waals surface area contributed by atoms with Crippen LogP contribution in [-0.2, 0) is 26.0 Å². The van der Waals surface area contributed by atoms with Gasteiger partial charge in [0.2, 0.25) is 0 Å². The number of carbonyl (C=O) groups excluding carboxylic acids is 6. The second kappa shape index (κ2) is 38.5. The number of benzene rings is 7. The van der Waals surface area contributed by atoms with Crippen LogP contribution in [0.25, 0.3) is 0 Å². The summed E-state index contributed by atoms with van der Waals surface area (Å²) in [6.45, 7) is 9.53. The summed E-state index contributed by atoms with van der Waals surface area (Å²) in [6.07, 6.45) is 24.8. The van der Waals surface area contributed by atoms with E-state index in [4.69, 9.17) is 18.9 Å². The molecule has 7 aromatic carbocycles. The van der Waals surface area contributed by atoms with Crippen molar-refractivity contribution in [3.63, 3.8) is 0 Å². The van der Waals surface area contributed by atoms with Crippen LogP contribution in [0.3, 0.4) is 0 Å². The average molecular weight is 1390 g/mol. The number of hydrogen-bond acceptors (Lipinski definition) is 14. The molecular formula is C80H90N6NiO12. The molecular weight excluding hydrogens is 1300 g/mol. The molecule has 19 heteroatoms. The van der Waals surface area contributed by atoms with E-state index in [0.717, 1.165) is 49.7 Å². The minimum atomic E-state index is -0.824. The summed E-state index contributed by atoms with van der Waals surface area (Å²) < 4.78 is 23.4. The molecule has 2 heterocycles. The topological polar surface area (TPSA) is 258 Å². The van der Waals surface area contributed by atoms with Crippen molar-refractivity contribution in [2.24, 2.45) is 9.98 Å². The van der Waals surface area contributed by atoms with Crippen LogP contribution in [0.4, 0.5) is 34.1 Å². The standard InChI is InChI=1S/C80H92N6O12.Ni/c1-5-7-9-11-13-15-17-19-21-25-47-95-79(93)59-37-31-45-67(69(59)85-77(91)63-41-29-35-57-53(3)51-97-73(57)63)83-75(89)61-39-27-33-55(71(61)87)49-81-65-43-23-24-44-66(65)82-50-56-34-28-40-62(72(56)88)76(90)84-68-46-32-38-60(80(94)96-48-26-22-20-18-16-14-12-10-8-6-2)70(68)86-78(92)64-42-30-36-58-54(4)52-98-74(58)64;/h23-24,27-46,49-50,53-54,87-88H,5-22,25-26,47-48,51-52H2,1-4H3,(H,83,89)(H,84,90)(H,85,91)(H,86,92);/q;+2/p-2/t53-,54-;/m1./s1. The molecule has 0 bridgehead atoms. The van der Waals surface area contributed by atoms with E-state index in [0.29, 0.717) is 48.9 Å². The van der Waals surface area contributed by atoms with Crippen molar-refractivity contribution < 1.29 is 74.4 Å². The molecule has 0 saturated heterocycles. The van der Waals surface area contributed by atoms with Crippen LogP contribution in [0.5, 0.6) is 23.0 Å². The smallest absolute Gasteiger partial charge is 0.871 e. The maximum absolute atomic E-state index is 14.2. The predicted octanol–water partition coefficient (Wildman–Crippen LogP) is 17.5. The second-order valence-corrected chi connectivity index (χ2v) is 25.2. The molecule has 0 aromatic heterocycles. The van der Waals surface area contributed by atoms with Crippen LogP contribution in [-0.4, -0.2) is 74.4 Å². The zero-order chi connectivity index (χ0) is 69.2. The van der Waals surface area contributed by atoms with Gasteiger partial charge in [-0.05, 0) is 72.5 Å². The summed E-state index contributed by atoms with van der Waals surface area (Å²) >= 11 is 0. The molecule has 4 N–H and O–H groups in total. The Morgan fingerprint density at radius 3 is 1.12 bits per heavy atom. The molecule has 2 aliphatic rings. The normalized spacial score (nSPS) is 13.6. The van der Waals surface area contributed by atoms with Crippen molar-refractivity contribution in [3.8, 4) is 23.0 Å². The van der Waals surface area contributed by atoms with Crippen LogP contribution in [0.1, 0.15) is 252 Å². The Bertz CT molecular complexity index is 3750. The van der Waals surface area contributed by atoms with Gasteiger partial charge in [0.15, 0.2) is 0 Å². The van der Waals surface area contributed by atoms with Gasteiger partial charge in [-0.1, -0.05) is 240 Å². The van der Waals surface area contributed by atoms with Crippen molar-refractivity contribution in [2.45, 2.75) is 168 Å². The molecule has 2 aliphatic heterocycles. The van der Waals surface area contributed by atoms with Crippen LogP contribution >= 0.6 is 0 Å². The number of nitrogens with one attached hydrogen (secondary N) is 4. The van der Waals surface area contributed by atoms with Crippen molar-refractivity contribution in [2.75, 3.05) is 47.7 Å². The summed E-state index contributed by atoms with van der Waals surface area (Å²) in [7, 11) is 0. The molecule has 0 unspecified atom stereocenters. The van der Waals surface area contributed by atoms with Gasteiger partial charge < -0.3 is 50.4 Å². The molecule has 0 aliphatic carbocycles. The number of carbonyl (C=O) groups is 6. The first-order chi connectivity index (χ1) is 47.8. The molecule has 0 saturated carbocycles. The molecule has 18 nitrogen and oxygen atoms in total. The maximum atomic E-state index is 14.2. The fraction of sp³-hybridized carbons (Fsp3) is 0.375. The van der Waals surface area contributed by atoms with Gasteiger partial charge in [-0.2, -0.15) is 0 Å². The maximum Gasteiger partial charge on any atom is 2.00 e. The van der Waals surface area contributed by atoms with Crippen LogP contribution in [0.2, 0.25) is 0 Å². The monoisotopic (exact) mass is 1380 g/mol. The van der Waals surface area contributed by atoms with Gasteiger partial charge in [0.1, 0.15) is 11.5 Å². The predicted molar refractivity (Wildman–Crippen MR) is 382 cm³/mol. The van der Waals surface area contributed by atoms with Crippen LogP contribution in [0.15, 0.2) is 143 Å². The van der Waals surface area contributed by atoms with E-state index in [1.807, 2.05) is 26.0 Å². The minimum Gasteiger partial charge on any atom is -0.871 e. The second-order valence-electron chi connectivity index (χ2n) is 25.2. The van der Waals surface area contributed by atoms with Gasteiger partial charge in [-0.3, -0.25) is 29.2 Å². The SMILES string of the molecule is CCCCCCCCCCCCOC(=O)c1cccc(NC(=O)c2cccc(C=Nc3ccccc3N=Cc3cccc(C(=O)Nc4cccc(C(=O)OCCCCCCCCCCCC)c4NC(=O)c4cccc5c4OC[C@H]5C)c3[O-])c2[O-])c1NC(=O)c1cccc2c1OC[C@H]2C.[Ni+2]. The summed E-state index contributed by atoms with van der Waals surface area (Å²) in [5, 5.41) is 39.6. The summed E-state index contributed by atoms with van der Waals surface area (Å²) in [6, 6.07) is 35.2. The third kappa shape index (κ3) is 20.5. The number of ether oxygens (including phenoxy) is 4. The number of rotatable bonds is 36. The molecule has 0 radical (unpaired) electrons. The van der Waals surface area contributed by atoms with Crippen molar-refractivity contribution >= 4 is 82.1 Å². The summed E-state index contributed by atoms with van der Waals surface area (Å²) in [5.74, 6) is -4.56. The fourth-order valence-corrected chi connectivity index (χ4v) is 12.1. The number of para-hydroxylation sites is 8. The van der Waals surface area contributed by atoms with Crippen molar-refractivity contribution in [1.29, 1.82) is 0 Å². The van der Waals surface area contributed by atoms with Gasteiger partial charge >= 0.3 is 28.4 Å². The first-order valence-corrected chi connectivity index (χ1v) is 34.9. The van der Waals surface area contributed by atoms with E-state index in [1.54, 1.807) is 60.7 Å². The minimum absolute atomic E-state index is 0. The van der Waals surface area contributed by atoms with E-state index in [1.165, 1.54) is 150 Å². The Kier molecular flexibility index (Phi) is 29.2. The van der Waals surface area contributed by atoms with Crippen LogP contribution < -0.4 is 41.0 Å². The van der Waals surface area contributed by atoms with Gasteiger partial charge in [0.25, 0.3) is 23.6 Å². The van der Waals surface area contributed by atoms with E-state index in [2.05, 4.69) is 45.1 Å². The Hall–Kier alpha value is -9.61. The number of anilines is 4. The third-order valence-corrected chi connectivity index (χ3v) is 17.7. The fourth-order valence-electron chi connectivity index (χ4n) is 12.1. The first-order valence-electron chi connectivity index (χ1n) is 34.9.